The van der Waals surface area contributed by atoms with Crippen molar-refractivity contribution in [3.8, 4) is 0 Å². The van der Waals surface area contributed by atoms with E-state index in [2.05, 4.69) is 30.7 Å². The summed E-state index contributed by atoms with van der Waals surface area (Å²) in [5.74, 6) is 0. The lowest BCUT2D eigenvalue weighted by atomic mass is 10.3. The minimum Gasteiger partial charge on any atom is -0.391 e. The van der Waals surface area contributed by atoms with Gasteiger partial charge in [-0.25, -0.2) is 9.97 Å². The molecule has 0 atom stereocenters. The predicted octanol–water partition coefficient (Wildman–Crippen LogP) is 2.51. The van der Waals surface area contributed by atoms with Crippen molar-refractivity contribution in [1.29, 1.82) is 0 Å². The number of rotatable bonds is 2. The number of nitrogens with zero attached hydrogens (tertiary/aromatic N) is 2. The van der Waals surface area contributed by atoms with Crippen LogP contribution in [0.2, 0.25) is 5.15 Å². The predicted molar refractivity (Wildman–Crippen MR) is 58.6 cm³/mol. The molecule has 14 heavy (non-hydrogen) atoms. The van der Waals surface area contributed by atoms with Crippen molar-refractivity contribution in [2.24, 2.45) is 0 Å². The molecule has 0 bridgehead atoms. The number of aliphatic hydroxyl groups is 1. The van der Waals surface area contributed by atoms with Crippen LogP contribution in [-0.2, 0) is 6.61 Å². The second-order valence-electron chi connectivity index (χ2n) is 3.82. The van der Waals surface area contributed by atoms with E-state index in [4.69, 9.17) is 16.7 Å². The van der Waals surface area contributed by atoms with Gasteiger partial charge in [0.15, 0.2) is 0 Å². The summed E-state index contributed by atoms with van der Waals surface area (Å²) in [6, 6.07) is 0. The fraction of sp³-hybridized carbons (Fsp3) is 0.556. The first-order valence-electron chi connectivity index (χ1n) is 4.23. The SMILES string of the molecule is CC(C)(C)Sc1ncnc(Cl)c1CO. The molecule has 0 amide bonds. The van der Waals surface area contributed by atoms with Gasteiger partial charge in [-0.15, -0.1) is 0 Å². The minimum absolute atomic E-state index is 0.0433. The number of halogens is 1. The minimum atomic E-state index is -0.127. The van der Waals surface area contributed by atoms with Gasteiger partial charge in [-0.05, 0) is 0 Å². The summed E-state index contributed by atoms with van der Waals surface area (Å²) in [6.45, 7) is 6.11. The van der Waals surface area contributed by atoms with Crippen molar-refractivity contribution in [2.75, 3.05) is 0 Å². The van der Waals surface area contributed by atoms with Gasteiger partial charge in [-0.1, -0.05) is 44.1 Å². The lowest BCUT2D eigenvalue weighted by molar-refractivity contribution is 0.277. The van der Waals surface area contributed by atoms with Crippen LogP contribution in [0.1, 0.15) is 26.3 Å². The van der Waals surface area contributed by atoms with Crippen molar-refractivity contribution >= 4 is 23.4 Å². The van der Waals surface area contributed by atoms with Crippen LogP contribution in [0.25, 0.3) is 0 Å². The number of thioether (sulfide) groups is 1. The zero-order valence-electron chi connectivity index (χ0n) is 8.41. The van der Waals surface area contributed by atoms with Crippen LogP contribution in [0.5, 0.6) is 0 Å². The van der Waals surface area contributed by atoms with Gasteiger partial charge in [0.05, 0.1) is 6.61 Å². The molecule has 0 aliphatic heterocycles. The van der Waals surface area contributed by atoms with Crippen LogP contribution in [0.3, 0.4) is 0 Å². The molecule has 1 heterocycles. The largest absolute Gasteiger partial charge is 0.391 e. The van der Waals surface area contributed by atoms with Crippen molar-refractivity contribution in [3.05, 3.63) is 17.0 Å². The molecular formula is C9H13ClN2OS. The third-order valence-corrected chi connectivity index (χ3v) is 2.90. The molecule has 3 nitrogen and oxygen atoms in total. The highest BCUT2D eigenvalue weighted by atomic mass is 35.5. The van der Waals surface area contributed by atoms with Gasteiger partial charge in [-0.3, -0.25) is 0 Å². The number of hydrogen-bond donors (Lipinski definition) is 1. The van der Waals surface area contributed by atoms with E-state index in [1.165, 1.54) is 6.33 Å². The Bertz CT molecular complexity index is 325. The van der Waals surface area contributed by atoms with Crippen LogP contribution < -0.4 is 0 Å². The molecule has 1 aromatic rings. The van der Waals surface area contributed by atoms with Gasteiger partial charge in [0.1, 0.15) is 16.5 Å². The first-order chi connectivity index (χ1) is 6.44. The van der Waals surface area contributed by atoms with Crippen molar-refractivity contribution in [1.82, 2.24) is 9.97 Å². The summed E-state index contributed by atoms with van der Waals surface area (Å²) in [5.41, 5.74) is 0.606. The van der Waals surface area contributed by atoms with E-state index in [1.54, 1.807) is 11.8 Å². The molecule has 0 spiro atoms. The molecule has 0 fully saturated rings. The van der Waals surface area contributed by atoms with Gasteiger partial charge in [0.25, 0.3) is 0 Å². The average Bonchev–Trinajstić information content (AvgIpc) is 2.01. The van der Waals surface area contributed by atoms with Gasteiger partial charge < -0.3 is 5.11 Å². The summed E-state index contributed by atoms with van der Waals surface area (Å²) in [5, 5.41) is 10.2. The monoisotopic (exact) mass is 232 g/mol. The van der Waals surface area contributed by atoms with Crippen molar-refractivity contribution in [3.63, 3.8) is 0 Å². The Morgan fingerprint density at radius 1 is 1.43 bits per heavy atom. The summed E-state index contributed by atoms with van der Waals surface area (Å²) in [7, 11) is 0. The molecule has 0 aliphatic carbocycles. The highest BCUT2D eigenvalue weighted by Gasteiger charge is 2.17. The van der Waals surface area contributed by atoms with Crippen molar-refractivity contribution < 1.29 is 5.11 Å². The summed E-state index contributed by atoms with van der Waals surface area (Å²) >= 11 is 7.40. The molecule has 1 rings (SSSR count). The molecule has 5 heteroatoms. The van der Waals surface area contributed by atoms with Gasteiger partial charge in [0, 0.05) is 10.3 Å². The number of hydrogen-bond acceptors (Lipinski definition) is 4. The van der Waals surface area contributed by atoms with Gasteiger partial charge in [0.2, 0.25) is 0 Å². The van der Waals surface area contributed by atoms with Crippen LogP contribution >= 0.6 is 23.4 Å². The Morgan fingerprint density at radius 2 is 2.07 bits per heavy atom. The van der Waals surface area contributed by atoms with E-state index in [-0.39, 0.29) is 11.4 Å². The fourth-order valence-electron chi connectivity index (χ4n) is 0.887. The van der Waals surface area contributed by atoms with Gasteiger partial charge in [-0.2, -0.15) is 0 Å². The molecule has 0 saturated heterocycles. The quantitative estimate of drug-likeness (QED) is 0.629. The van der Waals surface area contributed by atoms with Gasteiger partial charge >= 0.3 is 0 Å². The third-order valence-electron chi connectivity index (χ3n) is 1.41. The second kappa shape index (κ2) is 4.47. The zero-order chi connectivity index (χ0) is 10.8. The molecule has 1 aromatic heterocycles. The highest BCUT2D eigenvalue weighted by molar-refractivity contribution is 8.00. The fourth-order valence-corrected chi connectivity index (χ4v) is 2.10. The Labute approximate surface area is 92.9 Å². The number of aliphatic hydroxyl groups excluding tert-OH is 1. The maximum atomic E-state index is 9.12. The highest BCUT2D eigenvalue weighted by Crippen LogP contribution is 2.34. The first-order valence-corrected chi connectivity index (χ1v) is 5.43. The lowest BCUT2D eigenvalue weighted by Crippen LogP contribution is -2.09. The molecule has 0 saturated carbocycles. The molecule has 0 unspecified atom stereocenters. The summed E-state index contributed by atoms with van der Waals surface area (Å²) < 4.78 is 0.0433. The maximum Gasteiger partial charge on any atom is 0.139 e. The standard InChI is InChI=1S/C9H13ClN2OS/c1-9(2,3)14-8-6(4-13)7(10)11-5-12-8/h5,13H,4H2,1-3H3. The maximum absolute atomic E-state index is 9.12. The Balaban J connectivity index is 3.02. The Hall–Kier alpha value is -0.320. The van der Waals surface area contributed by atoms with E-state index in [9.17, 15) is 0 Å². The van der Waals surface area contributed by atoms with Crippen LogP contribution in [0.4, 0.5) is 0 Å². The third kappa shape index (κ3) is 3.12. The van der Waals surface area contributed by atoms with Crippen LogP contribution in [0.15, 0.2) is 11.4 Å². The van der Waals surface area contributed by atoms with E-state index in [1.807, 2.05) is 0 Å². The second-order valence-corrected chi connectivity index (χ2v) is 5.99. The molecule has 1 N–H and O–H groups in total. The van der Waals surface area contributed by atoms with Crippen LogP contribution in [-0.4, -0.2) is 19.8 Å². The van der Waals surface area contributed by atoms with E-state index < -0.39 is 0 Å². The molecule has 0 radical (unpaired) electrons. The normalized spacial score (nSPS) is 11.8. The summed E-state index contributed by atoms with van der Waals surface area (Å²) in [4.78, 5) is 7.92. The molecule has 0 aliphatic rings. The van der Waals surface area contributed by atoms with E-state index >= 15 is 0 Å². The van der Waals surface area contributed by atoms with E-state index in [0.29, 0.717) is 10.7 Å². The Morgan fingerprint density at radius 3 is 2.57 bits per heavy atom. The average molecular weight is 233 g/mol. The molecular weight excluding hydrogens is 220 g/mol. The van der Waals surface area contributed by atoms with Crippen LogP contribution in [0, 0.1) is 0 Å². The summed E-state index contributed by atoms with van der Waals surface area (Å²) in [6.07, 6.45) is 1.41. The van der Waals surface area contributed by atoms with E-state index in [0.717, 1.165) is 5.03 Å². The first kappa shape index (κ1) is 11.8. The van der Waals surface area contributed by atoms with Crippen molar-refractivity contribution in [2.45, 2.75) is 37.2 Å². The number of aromatic nitrogens is 2. The smallest absolute Gasteiger partial charge is 0.139 e. The lowest BCUT2D eigenvalue weighted by Gasteiger charge is -2.18. The zero-order valence-corrected chi connectivity index (χ0v) is 9.98. The Kier molecular flexibility index (Phi) is 3.75. The topological polar surface area (TPSA) is 46.0 Å². The molecule has 78 valence electrons. The molecule has 0 aromatic carbocycles.